The van der Waals surface area contributed by atoms with E-state index in [9.17, 15) is 19.0 Å². The Hall–Kier alpha value is -3.33. The maximum atomic E-state index is 12.5. The minimum Gasteiger partial charge on any atom is -0.462 e. The maximum Gasteiger partial charge on any atom is 0.472 e. The fourth-order valence-electron chi connectivity index (χ4n) is 5.02. The highest BCUT2D eigenvalue weighted by Crippen LogP contribution is 2.43. The molecule has 2 unspecified atom stereocenters. The van der Waals surface area contributed by atoms with Gasteiger partial charge in [-0.1, -0.05) is 149 Å². The summed E-state index contributed by atoms with van der Waals surface area (Å²) in [5.74, 6) is -0.965. The van der Waals surface area contributed by atoms with Crippen molar-refractivity contribution >= 4 is 19.8 Å². The number of allylic oxidation sites excluding steroid dienone is 18. The lowest BCUT2D eigenvalue weighted by Crippen LogP contribution is -2.29. The number of nitrogens with two attached hydrogens (primary N) is 1. The van der Waals surface area contributed by atoms with Gasteiger partial charge in [0, 0.05) is 19.4 Å². The molecule has 0 aromatic rings. The molecule has 0 saturated heterocycles. The first-order chi connectivity index (χ1) is 27.8. The van der Waals surface area contributed by atoms with Crippen molar-refractivity contribution in [3.05, 3.63) is 109 Å². The van der Waals surface area contributed by atoms with Crippen molar-refractivity contribution < 1.29 is 37.6 Å². The Morgan fingerprint density at radius 2 is 1.00 bits per heavy atom. The lowest BCUT2D eigenvalue weighted by Gasteiger charge is -2.19. The van der Waals surface area contributed by atoms with Crippen molar-refractivity contribution in [3.63, 3.8) is 0 Å². The van der Waals surface area contributed by atoms with Crippen LogP contribution in [0.2, 0.25) is 0 Å². The molecule has 0 bridgehead atoms. The van der Waals surface area contributed by atoms with E-state index in [-0.39, 0.29) is 32.6 Å². The minimum absolute atomic E-state index is 0.0321. The van der Waals surface area contributed by atoms with E-state index in [2.05, 4.69) is 111 Å². The van der Waals surface area contributed by atoms with Gasteiger partial charge in [0.05, 0.1) is 13.2 Å². The van der Waals surface area contributed by atoms with Crippen molar-refractivity contribution in [3.8, 4) is 0 Å². The first-order valence-corrected chi connectivity index (χ1v) is 22.9. The van der Waals surface area contributed by atoms with Crippen LogP contribution >= 0.6 is 7.82 Å². The van der Waals surface area contributed by atoms with E-state index < -0.39 is 32.5 Å². The van der Waals surface area contributed by atoms with Crippen molar-refractivity contribution in [1.29, 1.82) is 0 Å². The van der Waals surface area contributed by atoms with Gasteiger partial charge in [0.25, 0.3) is 0 Å². The Bertz CT molecular complexity index is 1290. The maximum absolute atomic E-state index is 12.5. The third-order valence-electron chi connectivity index (χ3n) is 8.16. The zero-order chi connectivity index (χ0) is 41.8. The number of hydrogen-bond acceptors (Lipinski definition) is 8. The molecule has 0 aliphatic carbocycles. The third-order valence-corrected chi connectivity index (χ3v) is 9.14. The molecule has 0 aliphatic rings. The van der Waals surface area contributed by atoms with Gasteiger partial charge in [-0.3, -0.25) is 18.6 Å². The van der Waals surface area contributed by atoms with Crippen LogP contribution in [0, 0.1) is 0 Å². The first-order valence-electron chi connectivity index (χ1n) is 21.4. The van der Waals surface area contributed by atoms with Crippen LogP contribution in [-0.2, 0) is 32.7 Å². The molecule has 10 heteroatoms. The zero-order valence-electron chi connectivity index (χ0n) is 35.3. The van der Waals surface area contributed by atoms with E-state index >= 15 is 0 Å². The topological polar surface area (TPSA) is 134 Å². The summed E-state index contributed by atoms with van der Waals surface area (Å²) in [5, 5.41) is 0. The smallest absolute Gasteiger partial charge is 0.462 e. The van der Waals surface area contributed by atoms with Crippen LogP contribution in [0.15, 0.2) is 109 Å². The molecule has 2 atom stereocenters. The van der Waals surface area contributed by atoms with Gasteiger partial charge >= 0.3 is 19.8 Å². The monoisotopic (exact) mass is 814 g/mol. The second-order valence-electron chi connectivity index (χ2n) is 13.5. The highest BCUT2D eigenvalue weighted by atomic mass is 31.2. The first kappa shape index (κ1) is 53.7. The van der Waals surface area contributed by atoms with E-state index in [1.165, 1.54) is 25.7 Å². The fraction of sp³-hybridized carbons (Fsp3) is 0.574. The normalized spacial score (nSPS) is 14.4. The number of carbonyl (C=O) groups excluding carboxylic acids is 2. The molecule has 0 aliphatic heterocycles. The second-order valence-corrected chi connectivity index (χ2v) is 14.9. The minimum atomic E-state index is -4.41. The Balaban J connectivity index is 4.37. The van der Waals surface area contributed by atoms with E-state index in [1.54, 1.807) is 0 Å². The van der Waals surface area contributed by atoms with Crippen molar-refractivity contribution in [1.82, 2.24) is 0 Å². The van der Waals surface area contributed by atoms with Gasteiger partial charge < -0.3 is 20.1 Å². The molecule has 0 radical (unpaired) electrons. The van der Waals surface area contributed by atoms with E-state index in [0.717, 1.165) is 77.0 Å². The zero-order valence-corrected chi connectivity index (χ0v) is 36.2. The Kier molecular flexibility index (Phi) is 39.8. The Morgan fingerprint density at radius 1 is 0.544 bits per heavy atom. The average molecular weight is 814 g/mol. The van der Waals surface area contributed by atoms with Gasteiger partial charge in [-0.05, 0) is 89.9 Å². The number of carbonyl (C=O) groups is 2. The molecule has 0 rings (SSSR count). The van der Waals surface area contributed by atoms with Gasteiger partial charge in [-0.2, -0.15) is 0 Å². The summed E-state index contributed by atoms with van der Waals surface area (Å²) in [6, 6.07) is 0. The van der Waals surface area contributed by atoms with Crippen LogP contribution in [0.3, 0.4) is 0 Å². The summed E-state index contributed by atoms with van der Waals surface area (Å²) < 4.78 is 32.6. The summed E-state index contributed by atoms with van der Waals surface area (Å²) >= 11 is 0. The summed E-state index contributed by atoms with van der Waals surface area (Å²) in [5.41, 5.74) is 5.34. The summed E-state index contributed by atoms with van der Waals surface area (Å²) in [4.78, 5) is 34.8. The number of phosphoric acid groups is 1. The van der Waals surface area contributed by atoms with Gasteiger partial charge in [-0.15, -0.1) is 0 Å². The van der Waals surface area contributed by atoms with E-state index in [1.807, 2.05) is 12.2 Å². The molecular weight excluding hydrogens is 737 g/mol. The molecule has 0 aromatic carbocycles. The standard InChI is InChI=1S/C47H76NO8P/c1-3-5-7-9-11-13-15-17-19-21-22-24-26-28-30-32-34-36-38-40-47(50)56-45(44-55-57(51,52)54-42-41-48)43-53-46(49)39-37-35-33-31-29-27-25-23-20-18-16-14-12-10-8-6-4-2/h5,7,11-14,17-20,22,24-25,27-28,30,34,36,45H,3-4,6,8-10,15-16,21,23,26,29,31-33,35,37-44,48H2,1-2H3,(H,51,52). The summed E-state index contributed by atoms with van der Waals surface area (Å²) in [7, 11) is -4.41. The van der Waals surface area contributed by atoms with Gasteiger partial charge in [0.15, 0.2) is 6.10 Å². The Labute approximate surface area is 346 Å². The van der Waals surface area contributed by atoms with E-state index in [0.29, 0.717) is 12.8 Å². The quantitative estimate of drug-likeness (QED) is 0.0270. The number of esters is 2. The predicted molar refractivity (Wildman–Crippen MR) is 238 cm³/mol. The molecule has 0 saturated carbocycles. The average Bonchev–Trinajstić information content (AvgIpc) is 3.20. The lowest BCUT2D eigenvalue weighted by molar-refractivity contribution is -0.161. The highest BCUT2D eigenvalue weighted by Gasteiger charge is 2.25. The SMILES string of the molecule is CCC=CCC=CCC=CCC=CCC=CCC=CCCC(=O)OC(COC(=O)CCCCCCC=CCC=CCC=CCCCCC)COP(=O)(O)OCCN. The number of phosphoric ester groups is 1. The molecule has 0 fully saturated rings. The molecule has 57 heavy (non-hydrogen) atoms. The molecule has 9 nitrogen and oxygen atoms in total. The van der Waals surface area contributed by atoms with Gasteiger partial charge in [0.2, 0.25) is 0 Å². The van der Waals surface area contributed by atoms with Crippen LogP contribution in [0.1, 0.15) is 142 Å². The molecule has 0 spiro atoms. The van der Waals surface area contributed by atoms with Crippen molar-refractivity contribution in [2.24, 2.45) is 5.73 Å². The van der Waals surface area contributed by atoms with E-state index in [4.69, 9.17) is 24.3 Å². The number of ether oxygens (including phenoxy) is 2. The molecule has 3 N–H and O–H groups in total. The molecule has 0 amide bonds. The fourth-order valence-corrected chi connectivity index (χ4v) is 5.78. The van der Waals surface area contributed by atoms with Crippen molar-refractivity contribution in [2.45, 2.75) is 148 Å². The van der Waals surface area contributed by atoms with Gasteiger partial charge in [-0.25, -0.2) is 4.57 Å². The number of unbranched alkanes of at least 4 members (excludes halogenated alkanes) is 7. The summed E-state index contributed by atoms with van der Waals surface area (Å²) in [6.07, 6.45) is 55.6. The number of rotatable bonds is 38. The summed E-state index contributed by atoms with van der Waals surface area (Å²) in [6.45, 7) is 3.44. The predicted octanol–water partition coefficient (Wildman–Crippen LogP) is 12.4. The van der Waals surface area contributed by atoms with Crippen LogP contribution in [0.4, 0.5) is 0 Å². The second kappa shape index (κ2) is 42.3. The molecular formula is C47H76NO8P. The van der Waals surface area contributed by atoms with Crippen LogP contribution in [-0.4, -0.2) is 49.3 Å². The lowest BCUT2D eigenvalue weighted by atomic mass is 10.1. The largest absolute Gasteiger partial charge is 0.472 e. The molecule has 0 aromatic heterocycles. The molecule has 322 valence electrons. The Morgan fingerprint density at radius 3 is 1.49 bits per heavy atom. The van der Waals surface area contributed by atoms with Crippen LogP contribution in [0.5, 0.6) is 0 Å². The van der Waals surface area contributed by atoms with Crippen LogP contribution < -0.4 is 5.73 Å². The molecule has 0 heterocycles. The van der Waals surface area contributed by atoms with Gasteiger partial charge in [0.1, 0.15) is 6.61 Å². The van der Waals surface area contributed by atoms with Crippen LogP contribution in [0.25, 0.3) is 0 Å². The number of hydrogen-bond donors (Lipinski definition) is 2. The third kappa shape index (κ3) is 42.1. The van der Waals surface area contributed by atoms with Crippen molar-refractivity contribution in [2.75, 3.05) is 26.4 Å². The highest BCUT2D eigenvalue weighted by molar-refractivity contribution is 7.47.